The molecule has 4 rings (SSSR count). The topological polar surface area (TPSA) is 86.5 Å². The summed E-state index contributed by atoms with van der Waals surface area (Å²) in [5.74, 6) is -3.51. The van der Waals surface area contributed by atoms with Crippen LogP contribution in [0.3, 0.4) is 0 Å². The van der Waals surface area contributed by atoms with Gasteiger partial charge in [0, 0.05) is 6.20 Å². The van der Waals surface area contributed by atoms with Crippen LogP contribution in [0.4, 0.5) is 32.0 Å². The zero-order valence-corrected chi connectivity index (χ0v) is 15.2. The van der Waals surface area contributed by atoms with Crippen LogP contribution in [0.5, 0.6) is 0 Å². The highest BCUT2D eigenvalue weighted by atomic mass is 19.4. The molecular weight excluding hydrogens is 428 g/mol. The molecule has 3 N–H and O–H groups in total. The van der Waals surface area contributed by atoms with Crippen LogP contribution in [-0.4, -0.2) is 26.1 Å². The fourth-order valence-electron chi connectivity index (χ4n) is 3.05. The van der Waals surface area contributed by atoms with Gasteiger partial charge in [-0.05, 0) is 29.8 Å². The number of anilines is 1. The number of amides is 1. The predicted octanol–water partition coefficient (Wildman–Crippen LogP) is 4.97. The first kappa shape index (κ1) is 20.4. The highest BCUT2D eigenvalue weighted by Crippen LogP contribution is 2.36. The fourth-order valence-corrected chi connectivity index (χ4v) is 3.05. The number of benzene rings is 2. The largest absolute Gasteiger partial charge is 0.418 e. The van der Waals surface area contributed by atoms with E-state index in [4.69, 9.17) is 0 Å². The monoisotopic (exact) mass is 439 g/mol. The fraction of sp³-hybridized carbons (Fsp3) is 0.105. The number of H-pyrrole nitrogens is 2. The van der Waals surface area contributed by atoms with Crippen molar-refractivity contribution in [1.29, 1.82) is 0 Å². The first-order valence-electron chi connectivity index (χ1n) is 8.64. The molecule has 0 atom stereocenters. The van der Waals surface area contributed by atoms with E-state index < -0.39 is 47.0 Å². The van der Waals surface area contributed by atoms with Gasteiger partial charge in [0.2, 0.25) is 0 Å². The van der Waals surface area contributed by atoms with E-state index >= 15 is 0 Å². The Balaban J connectivity index is 1.76. The molecule has 0 unspecified atom stereocenters. The van der Waals surface area contributed by atoms with Gasteiger partial charge in [-0.15, -0.1) is 0 Å². The third-order valence-corrected chi connectivity index (χ3v) is 4.41. The molecule has 2 aromatic carbocycles. The number of alkyl halides is 4. The van der Waals surface area contributed by atoms with E-state index in [-0.39, 0.29) is 28.3 Å². The summed E-state index contributed by atoms with van der Waals surface area (Å²) in [7, 11) is 0. The van der Waals surface area contributed by atoms with Crippen LogP contribution in [0.15, 0.2) is 36.5 Å². The van der Waals surface area contributed by atoms with E-state index in [1.54, 1.807) is 0 Å². The van der Waals surface area contributed by atoms with Gasteiger partial charge in [-0.25, -0.2) is 18.2 Å². The number of carbonyl (C=O) groups excluding carboxylic acids is 1. The lowest BCUT2D eigenvalue weighted by Gasteiger charge is -2.08. The third kappa shape index (κ3) is 3.71. The average molecular weight is 439 g/mol. The summed E-state index contributed by atoms with van der Waals surface area (Å²) in [6.07, 6.45) is -3.63. The number of carbonyl (C=O) groups is 1. The standard InChI is InChI=1S/C19H11F6N5O/c20-6-8-4-9(19(23,24)25)15-12(5-8)27-17(29-15)16-13(7-26-30-16)28-18(31)14-10(21)2-1-3-11(14)22/h1-5,7H,6H2,(H,26,30)(H,27,29)(H,28,31). The van der Waals surface area contributed by atoms with E-state index in [0.29, 0.717) is 6.07 Å². The number of hydrogen-bond donors (Lipinski definition) is 3. The molecule has 0 fully saturated rings. The van der Waals surface area contributed by atoms with Gasteiger partial charge in [-0.2, -0.15) is 18.3 Å². The van der Waals surface area contributed by atoms with E-state index in [1.807, 2.05) is 0 Å². The highest BCUT2D eigenvalue weighted by molar-refractivity contribution is 6.06. The Labute approximate surface area is 169 Å². The molecule has 2 aromatic heterocycles. The number of rotatable bonds is 4. The van der Waals surface area contributed by atoms with Gasteiger partial charge in [0.1, 0.15) is 29.4 Å². The van der Waals surface area contributed by atoms with E-state index in [2.05, 4.69) is 25.5 Å². The van der Waals surface area contributed by atoms with Gasteiger partial charge >= 0.3 is 6.18 Å². The second kappa shape index (κ2) is 7.45. The molecule has 0 bridgehead atoms. The number of halogens is 6. The summed E-state index contributed by atoms with van der Waals surface area (Å²) >= 11 is 0. The van der Waals surface area contributed by atoms with Gasteiger partial charge in [-0.1, -0.05) is 6.07 Å². The molecular formula is C19H11F6N5O. The lowest BCUT2D eigenvalue weighted by Crippen LogP contribution is -2.16. The maximum absolute atomic E-state index is 13.8. The maximum Gasteiger partial charge on any atom is 0.418 e. The number of imidazole rings is 1. The van der Waals surface area contributed by atoms with Crippen LogP contribution in [0.2, 0.25) is 0 Å². The third-order valence-electron chi connectivity index (χ3n) is 4.41. The first-order chi connectivity index (χ1) is 14.7. The number of aromatic amines is 2. The Bertz CT molecular complexity index is 1270. The van der Waals surface area contributed by atoms with Crippen molar-refractivity contribution in [3.05, 3.63) is 64.9 Å². The van der Waals surface area contributed by atoms with Crippen LogP contribution >= 0.6 is 0 Å². The predicted molar refractivity (Wildman–Crippen MR) is 97.8 cm³/mol. The molecule has 31 heavy (non-hydrogen) atoms. The van der Waals surface area contributed by atoms with Gasteiger partial charge in [0.25, 0.3) is 5.91 Å². The average Bonchev–Trinajstić information content (AvgIpc) is 3.32. The van der Waals surface area contributed by atoms with E-state index in [9.17, 15) is 31.1 Å². The van der Waals surface area contributed by atoms with Gasteiger partial charge in [-0.3, -0.25) is 9.89 Å². The van der Waals surface area contributed by atoms with Crippen molar-refractivity contribution in [3.8, 4) is 11.5 Å². The Hall–Kier alpha value is -3.83. The molecule has 12 heteroatoms. The van der Waals surface area contributed by atoms with E-state index in [1.165, 1.54) is 6.07 Å². The molecule has 2 heterocycles. The van der Waals surface area contributed by atoms with Gasteiger partial charge in [0.05, 0.1) is 16.8 Å². The summed E-state index contributed by atoms with van der Waals surface area (Å²) in [5, 5.41) is 8.48. The second-order valence-corrected chi connectivity index (χ2v) is 6.45. The molecule has 1 amide bonds. The van der Waals surface area contributed by atoms with Crippen molar-refractivity contribution in [2.24, 2.45) is 0 Å². The molecule has 0 aliphatic heterocycles. The maximum atomic E-state index is 13.8. The molecule has 0 saturated heterocycles. The van der Waals surface area contributed by atoms with Gasteiger partial charge < -0.3 is 10.3 Å². The molecule has 0 radical (unpaired) electrons. The summed E-state index contributed by atoms with van der Waals surface area (Å²) < 4.78 is 80.8. The SMILES string of the molecule is O=C(Nc1c[nH]nc1-c1nc2c(C(F)(F)F)cc(CF)cc2[nH]1)c1c(F)cccc1F. The number of fused-ring (bicyclic) bond motifs is 1. The first-order valence-corrected chi connectivity index (χ1v) is 8.64. The minimum Gasteiger partial charge on any atom is -0.336 e. The molecule has 0 aliphatic rings. The lowest BCUT2D eigenvalue weighted by atomic mass is 10.1. The smallest absolute Gasteiger partial charge is 0.336 e. The Morgan fingerprint density at radius 2 is 1.84 bits per heavy atom. The summed E-state index contributed by atoms with van der Waals surface area (Å²) in [6.45, 7) is -1.12. The number of nitrogens with zero attached hydrogens (tertiary/aromatic N) is 2. The van der Waals surface area contributed by atoms with Crippen LogP contribution in [0, 0.1) is 11.6 Å². The molecule has 6 nitrogen and oxygen atoms in total. The summed E-state index contributed by atoms with van der Waals surface area (Å²) in [5.41, 5.74) is -2.97. The number of nitrogens with one attached hydrogen (secondary N) is 3. The highest BCUT2D eigenvalue weighted by Gasteiger charge is 2.35. The molecule has 0 aliphatic carbocycles. The molecule has 0 spiro atoms. The lowest BCUT2D eigenvalue weighted by molar-refractivity contribution is -0.136. The molecule has 0 saturated carbocycles. The molecule has 4 aromatic rings. The number of aromatic nitrogens is 4. The Morgan fingerprint density at radius 3 is 2.48 bits per heavy atom. The summed E-state index contributed by atoms with van der Waals surface area (Å²) in [4.78, 5) is 18.8. The van der Waals surface area contributed by atoms with Crippen molar-refractivity contribution >= 4 is 22.6 Å². The number of hydrogen-bond acceptors (Lipinski definition) is 3. The van der Waals surface area contributed by atoms with E-state index in [0.717, 1.165) is 24.4 Å². The van der Waals surface area contributed by atoms with Crippen LogP contribution in [0.25, 0.3) is 22.6 Å². The zero-order valence-electron chi connectivity index (χ0n) is 15.2. The molecule has 160 valence electrons. The quantitative estimate of drug-likeness (QED) is 0.393. The Morgan fingerprint density at radius 1 is 1.13 bits per heavy atom. The van der Waals surface area contributed by atoms with Crippen molar-refractivity contribution in [1.82, 2.24) is 20.2 Å². The van der Waals surface area contributed by atoms with Crippen LogP contribution in [0.1, 0.15) is 21.5 Å². The minimum atomic E-state index is -4.79. The van der Waals surface area contributed by atoms with Crippen LogP contribution < -0.4 is 5.32 Å². The second-order valence-electron chi connectivity index (χ2n) is 6.45. The minimum absolute atomic E-state index is 0.0917. The van der Waals surface area contributed by atoms with Crippen molar-refractivity contribution in [2.75, 3.05) is 5.32 Å². The normalized spacial score (nSPS) is 11.8. The van der Waals surface area contributed by atoms with Crippen molar-refractivity contribution in [3.63, 3.8) is 0 Å². The van der Waals surface area contributed by atoms with Crippen LogP contribution in [-0.2, 0) is 12.9 Å². The summed E-state index contributed by atoms with van der Waals surface area (Å²) in [6, 6.07) is 4.70. The van der Waals surface area contributed by atoms with Crippen molar-refractivity contribution < 1.29 is 31.1 Å². The zero-order chi connectivity index (χ0) is 22.3. The Kier molecular flexibility index (Phi) is 4.91. The van der Waals surface area contributed by atoms with Gasteiger partial charge in [0.15, 0.2) is 11.5 Å². The van der Waals surface area contributed by atoms with Crippen molar-refractivity contribution in [2.45, 2.75) is 12.9 Å².